The maximum Gasteiger partial charge on any atom is 0.143 e. The lowest BCUT2D eigenvalue weighted by Crippen LogP contribution is -2.10. The van der Waals surface area contributed by atoms with Crippen molar-refractivity contribution in [1.82, 2.24) is 4.57 Å². The minimum Gasteiger partial charge on any atom is -0.455 e. The Balaban J connectivity index is 0.925. The van der Waals surface area contributed by atoms with E-state index in [9.17, 15) is 0 Å². The highest BCUT2D eigenvalue weighted by Gasteiger charge is 2.20. The molecule has 3 heteroatoms. The second kappa shape index (κ2) is 16.0. The fourth-order valence-electron chi connectivity index (χ4n) is 10.3. The first-order valence-electron chi connectivity index (χ1n) is 22.9. The zero-order chi connectivity index (χ0) is 44.3. The topological polar surface area (TPSA) is 21.3 Å². The molecule has 13 rings (SSSR count). The number of hydrogen-bond donors (Lipinski definition) is 0. The number of furan rings is 1. The van der Waals surface area contributed by atoms with Crippen LogP contribution in [-0.2, 0) is 0 Å². The molecule has 0 saturated heterocycles. The van der Waals surface area contributed by atoms with E-state index in [2.05, 4.69) is 264 Å². The van der Waals surface area contributed by atoms with Gasteiger partial charge < -0.3 is 13.9 Å². The minimum atomic E-state index is 0.886. The molecule has 0 unspecified atom stereocenters. The van der Waals surface area contributed by atoms with Crippen molar-refractivity contribution in [2.24, 2.45) is 0 Å². The normalized spacial score (nSPS) is 11.6. The first-order valence-corrected chi connectivity index (χ1v) is 22.9. The van der Waals surface area contributed by atoms with E-state index in [1.807, 2.05) is 0 Å². The molecule has 0 amide bonds. The monoisotopic (exact) mass is 854 g/mol. The van der Waals surface area contributed by atoms with Crippen molar-refractivity contribution in [3.05, 3.63) is 255 Å². The zero-order valence-corrected chi connectivity index (χ0v) is 36.6. The van der Waals surface area contributed by atoms with E-state index in [0.717, 1.165) is 72.5 Å². The Morgan fingerprint density at radius 1 is 0.299 bits per heavy atom. The molecule has 0 spiro atoms. The molecule has 13 aromatic rings. The number of benzene rings is 11. The summed E-state index contributed by atoms with van der Waals surface area (Å²) in [6.07, 6.45) is 0. The van der Waals surface area contributed by atoms with E-state index >= 15 is 0 Å². The van der Waals surface area contributed by atoms with E-state index in [1.54, 1.807) is 0 Å². The molecule has 0 aliphatic rings. The fraction of sp³-hybridized carbons (Fsp3) is 0. The molecule has 0 bridgehead atoms. The number of para-hydroxylation sites is 3. The zero-order valence-electron chi connectivity index (χ0n) is 36.6. The van der Waals surface area contributed by atoms with Crippen LogP contribution < -0.4 is 4.90 Å². The maximum absolute atomic E-state index is 6.56. The summed E-state index contributed by atoms with van der Waals surface area (Å²) < 4.78 is 8.95. The quantitative estimate of drug-likeness (QED) is 0.152. The fourth-order valence-corrected chi connectivity index (χ4v) is 10.3. The summed E-state index contributed by atoms with van der Waals surface area (Å²) in [6, 6.07) is 91.8. The Labute approximate surface area is 388 Å². The van der Waals surface area contributed by atoms with E-state index in [0.29, 0.717) is 0 Å². The molecular formula is C64H42N2O. The molecule has 67 heavy (non-hydrogen) atoms. The highest BCUT2D eigenvalue weighted by Crippen LogP contribution is 2.43. The van der Waals surface area contributed by atoms with Crippen molar-refractivity contribution in [2.45, 2.75) is 0 Å². The van der Waals surface area contributed by atoms with Crippen LogP contribution in [0.4, 0.5) is 17.1 Å². The lowest BCUT2D eigenvalue weighted by Gasteiger charge is -2.26. The smallest absolute Gasteiger partial charge is 0.143 e. The molecule has 0 N–H and O–H groups in total. The number of anilines is 3. The summed E-state index contributed by atoms with van der Waals surface area (Å²) in [4.78, 5) is 2.39. The molecule has 0 aliphatic carbocycles. The Kier molecular flexibility index (Phi) is 9.17. The van der Waals surface area contributed by atoms with Crippen molar-refractivity contribution < 1.29 is 4.42 Å². The Morgan fingerprint density at radius 2 is 0.821 bits per heavy atom. The molecule has 2 aromatic heterocycles. The first kappa shape index (κ1) is 38.5. The van der Waals surface area contributed by atoms with Gasteiger partial charge in [0, 0.05) is 49.9 Å². The van der Waals surface area contributed by atoms with Crippen molar-refractivity contribution in [2.75, 3.05) is 4.90 Å². The average molecular weight is 855 g/mol. The van der Waals surface area contributed by atoms with Crippen LogP contribution in [0.2, 0.25) is 0 Å². The standard InChI is InChI=1S/C64H42N2O/c1-3-15-44(16-4-1)56-26-14-27-59-60-41-47(33-40-63(60)67-64(56)59)55-23-10-9-22-53(55)45-29-34-49(35-30-45)65(50-36-31-46(32-37-50)54-25-13-18-43-17-7-8-21-52(43)54)51-38-39-58-57-24-11-12-28-61(57)66(62(58)42-51)48-19-5-2-6-20-48/h1-42H. The van der Waals surface area contributed by atoms with E-state index in [4.69, 9.17) is 4.42 Å². The lowest BCUT2D eigenvalue weighted by molar-refractivity contribution is 0.670. The Hall–Kier alpha value is -8.92. The van der Waals surface area contributed by atoms with Crippen molar-refractivity contribution >= 4 is 71.6 Å². The summed E-state index contributed by atoms with van der Waals surface area (Å²) >= 11 is 0. The lowest BCUT2D eigenvalue weighted by atomic mass is 9.93. The van der Waals surface area contributed by atoms with Gasteiger partial charge in [-0.3, -0.25) is 0 Å². The highest BCUT2D eigenvalue weighted by atomic mass is 16.3. The van der Waals surface area contributed by atoms with Gasteiger partial charge in [0.1, 0.15) is 11.2 Å². The number of fused-ring (bicyclic) bond motifs is 7. The summed E-state index contributed by atoms with van der Waals surface area (Å²) in [5.41, 5.74) is 17.8. The van der Waals surface area contributed by atoms with Crippen molar-refractivity contribution in [1.29, 1.82) is 0 Å². The SMILES string of the molecule is c1ccc(-c2cccc3c2oc2ccc(-c4ccccc4-c4ccc(N(c5ccc(-c6cccc7ccccc67)cc5)c5ccc6c7ccccc7n(-c7ccccc7)c6c5)cc4)cc23)cc1. The summed E-state index contributed by atoms with van der Waals surface area (Å²) in [6.45, 7) is 0. The van der Waals surface area contributed by atoms with Gasteiger partial charge in [0.25, 0.3) is 0 Å². The molecule has 0 atom stereocenters. The molecule has 0 radical (unpaired) electrons. The van der Waals surface area contributed by atoms with Gasteiger partial charge in [0.15, 0.2) is 0 Å². The van der Waals surface area contributed by atoms with Crippen LogP contribution in [-0.4, -0.2) is 4.57 Å². The van der Waals surface area contributed by atoms with E-state index in [1.165, 1.54) is 49.3 Å². The Morgan fingerprint density at radius 3 is 1.60 bits per heavy atom. The third-order valence-corrected chi connectivity index (χ3v) is 13.4. The molecular weight excluding hydrogens is 813 g/mol. The number of hydrogen-bond acceptors (Lipinski definition) is 2. The number of nitrogens with zero attached hydrogens (tertiary/aromatic N) is 2. The molecule has 0 fully saturated rings. The Bertz CT molecular complexity index is 3950. The van der Waals surface area contributed by atoms with Crippen LogP contribution in [0, 0.1) is 0 Å². The van der Waals surface area contributed by atoms with Crippen LogP contribution in [0.5, 0.6) is 0 Å². The van der Waals surface area contributed by atoms with E-state index in [-0.39, 0.29) is 0 Å². The molecule has 0 aliphatic heterocycles. The molecule has 11 aromatic carbocycles. The van der Waals surface area contributed by atoms with Crippen LogP contribution >= 0.6 is 0 Å². The van der Waals surface area contributed by atoms with Gasteiger partial charge in [-0.2, -0.15) is 0 Å². The van der Waals surface area contributed by atoms with Crippen LogP contribution in [0.3, 0.4) is 0 Å². The van der Waals surface area contributed by atoms with Crippen molar-refractivity contribution in [3.63, 3.8) is 0 Å². The van der Waals surface area contributed by atoms with Crippen LogP contribution in [0.1, 0.15) is 0 Å². The van der Waals surface area contributed by atoms with Crippen LogP contribution in [0.15, 0.2) is 259 Å². The molecule has 2 heterocycles. The third kappa shape index (κ3) is 6.59. The maximum atomic E-state index is 6.56. The van der Waals surface area contributed by atoms with Gasteiger partial charge >= 0.3 is 0 Å². The van der Waals surface area contributed by atoms with Crippen molar-refractivity contribution in [3.8, 4) is 50.2 Å². The predicted octanol–water partition coefficient (Wildman–Crippen LogP) is 18.0. The second-order valence-corrected chi connectivity index (χ2v) is 17.3. The largest absolute Gasteiger partial charge is 0.455 e. The van der Waals surface area contributed by atoms with Gasteiger partial charge in [0.05, 0.1) is 11.0 Å². The van der Waals surface area contributed by atoms with Gasteiger partial charge in [-0.25, -0.2) is 0 Å². The molecule has 0 saturated carbocycles. The van der Waals surface area contributed by atoms with Gasteiger partial charge in [-0.05, 0) is 116 Å². The van der Waals surface area contributed by atoms with E-state index < -0.39 is 0 Å². The first-order chi connectivity index (χ1) is 33.2. The van der Waals surface area contributed by atoms with Gasteiger partial charge in [0.2, 0.25) is 0 Å². The summed E-state index contributed by atoms with van der Waals surface area (Å²) in [7, 11) is 0. The van der Waals surface area contributed by atoms with Gasteiger partial charge in [-0.1, -0.05) is 188 Å². The third-order valence-electron chi connectivity index (χ3n) is 13.4. The van der Waals surface area contributed by atoms with Gasteiger partial charge in [-0.15, -0.1) is 0 Å². The average Bonchev–Trinajstić information content (AvgIpc) is 3.95. The minimum absolute atomic E-state index is 0.886. The summed E-state index contributed by atoms with van der Waals surface area (Å²) in [5.74, 6) is 0. The molecule has 314 valence electrons. The van der Waals surface area contributed by atoms with Crippen LogP contribution in [0.25, 0.3) is 105 Å². The predicted molar refractivity (Wildman–Crippen MR) is 282 cm³/mol. The number of aromatic nitrogens is 1. The molecule has 3 nitrogen and oxygen atoms in total. The summed E-state index contributed by atoms with van der Waals surface area (Å²) in [5, 5.41) is 7.18. The highest BCUT2D eigenvalue weighted by molar-refractivity contribution is 6.12. The number of rotatable bonds is 8. The second-order valence-electron chi connectivity index (χ2n) is 17.3.